The zero-order valence-corrected chi connectivity index (χ0v) is 11.1. The Balaban J connectivity index is 1.65. The number of benzene rings is 1. The number of carbonyl (C=O) groups excluding carboxylic acids is 1. The molecule has 0 aromatic heterocycles. The lowest BCUT2D eigenvalue weighted by Gasteiger charge is -2.35. The Bertz CT molecular complexity index is 451. The van der Waals surface area contributed by atoms with Gasteiger partial charge in [-0.3, -0.25) is 9.69 Å². The van der Waals surface area contributed by atoms with Gasteiger partial charge < -0.3 is 4.90 Å². The number of nitrogens with zero attached hydrogens (tertiary/aromatic N) is 2. The van der Waals surface area contributed by atoms with Gasteiger partial charge in [-0.05, 0) is 25.0 Å². The molecule has 1 heterocycles. The monoisotopic (exact) mass is 264 g/mol. The second-order valence-corrected chi connectivity index (χ2v) is 5.45. The first-order valence-electron chi connectivity index (χ1n) is 6.53. The maximum Gasteiger partial charge on any atom is 0.255 e. The SMILES string of the molecule is O=C(c1ccccc1Cl)N1CCN(C2CC2)CC1. The van der Waals surface area contributed by atoms with Gasteiger partial charge in [0.1, 0.15) is 0 Å². The van der Waals surface area contributed by atoms with Crippen molar-refractivity contribution in [3.63, 3.8) is 0 Å². The van der Waals surface area contributed by atoms with Crippen molar-refractivity contribution in [3.05, 3.63) is 34.9 Å². The van der Waals surface area contributed by atoms with E-state index in [9.17, 15) is 4.79 Å². The van der Waals surface area contributed by atoms with Crippen LogP contribution < -0.4 is 0 Å². The third-order valence-electron chi connectivity index (χ3n) is 3.77. The summed E-state index contributed by atoms with van der Waals surface area (Å²) < 4.78 is 0. The first-order valence-corrected chi connectivity index (χ1v) is 6.91. The highest BCUT2D eigenvalue weighted by molar-refractivity contribution is 6.33. The van der Waals surface area contributed by atoms with Crippen molar-refractivity contribution < 1.29 is 4.79 Å². The van der Waals surface area contributed by atoms with Gasteiger partial charge in [-0.1, -0.05) is 23.7 Å². The normalized spacial score (nSPS) is 21.1. The van der Waals surface area contributed by atoms with Crippen molar-refractivity contribution in [2.45, 2.75) is 18.9 Å². The summed E-state index contributed by atoms with van der Waals surface area (Å²) in [5, 5.41) is 0.548. The molecular formula is C14H17ClN2O. The first kappa shape index (κ1) is 12.0. The van der Waals surface area contributed by atoms with Crippen LogP contribution in [0.2, 0.25) is 5.02 Å². The summed E-state index contributed by atoms with van der Waals surface area (Å²) in [6.45, 7) is 3.64. The van der Waals surface area contributed by atoms with Crippen LogP contribution >= 0.6 is 11.6 Å². The van der Waals surface area contributed by atoms with E-state index in [-0.39, 0.29) is 5.91 Å². The van der Waals surface area contributed by atoms with E-state index in [4.69, 9.17) is 11.6 Å². The summed E-state index contributed by atoms with van der Waals surface area (Å²) in [6.07, 6.45) is 2.66. The molecule has 0 N–H and O–H groups in total. The average Bonchev–Trinajstić information content (AvgIpc) is 3.23. The van der Waals surface area contributed by atoms with Crippen LogP contribution in [-0.2, 0) is 0 Å². The average molecular weight is 265 g/mol. The molecule has 1 saturated carbocycles. The predicted octanol–water partition coefficient (Wildman–Crippen LogP) is 2.26. The van der Waals surface area contributed by atoms with Gasteiger partial charge in [0.25, 0.3) is 5.91 Å². The molecule has 0 bridgehead atoms. The molecule has 18 heavy (non-hydrogen) atoms. The molecular weight excluding hydrogens is 248 g/mol. The lowest BCUT2D eigenvalue weighted by Crippen LogP contribution is -2.49. The number of carbonyl (C=O) groups is 1. The topological polar surface area (TPSA) is 23.6 Å². The molecule has 1 aliphatic carbocycles. The molecule has 1 saturated heterocycles. The summed E-state index contributed by atoms with van der Waals surface area (Å²) in [6, 6.07) is 8.08. The first-order chi connectivity index (χ1) is 8.75. The quantitative estimate of drug-likeness (QED) is 0.818. The van der Waals surface area contributed by atoms with Crippen molar-refractivity contribution >= 4 is 17.5 Å². The third kappa shape index (κ3) is 2.38. The van der Waals surface area contributed by atoms with Crippen LogP contribution in [0.15, 0.2) is 24.3 Å². The van der Waals surface area contributed by atoms with Gasteiger partial charge in [0.15, 0.2) is 0 Å². The van der Waals surface area contributed by atoms with E-state index in [1.165, 1.54) is 12.8 Å². The van der Waals surface area contributed by atoms with E-state index in [0.717, 1.165) is 32.2 Å². The molecule has 2 fully saturated rings. The van der Waals surface area contributed by atoms with Crippen LogP contribution in [0.1, 0.15) is 23.2 Å². The van der Waals surface area contributed by atoms with Gasteiger partial charge in [-0.15, -0.1) is 0 Å². The standard InChI is InChI=1S/C14H17ClN2O/c15-13-4-2-1-3-12(13)14(18)17-9-7-16(8-10-17)11-5-6-11/h1-4,11H,5-10H2. The molecule has 1 amide bonds. The lowest BCUT2D eigenvalue weighted by atomic mass is 10.2. The number of amides is 1. The minimum atomic E-state index is 0.0658. The highest BCUT2D eigenvalue weighted by Crippen LogP contribution is 2.28. The van der Waals surface area contributed by atoms with Crippen LogP contribution in [0.25, 0.3) is 0 Å². The highest BCUT2D eigenvalue weighted by atomic mass is 35.5. The molecule has 3 nitrogen and oxygen atoms in total. The van der Waals surface area contributed by atoms with Crippen LogP contribution in [0.5, 0.6) is 0 Å². The zero-order valence-electron chi connectivity index (χ0n) is 10.3. The number of hydrogen-bond donors (Lipinski definition) is 0. The maximum absolute atomic E-state index is 12.3. The Morgan fingerprint density at radius 1 is 1.11 bits per heavy atom. The molecule has 0 radical (unpaired) electrons. The fourth-order valence-corrected chi connectivity index (χ4v) is 2.75. The smallest absolute Gasteiger partial charge is 0.255 e. The van der Waals surface area contributed by atoms with Crippen molar-refractivity contribution in [3.8, 4) is 0 Å². The molecule has 0 unspecified atom stereocenters. The minimum Gasteiger partial charge on any atom is -0.336 e. The van der Waals surface area contributed by atoms with Crippen LogP contribution in [-0.4, -0.2) is 47.9 Å². The largest absolute Gasteiger partial charge is 0.336 e. The van der Waals surface area contributed by atoms with Crippen LogP contribution in [0, 0.1) is 0 Å². The molecule has 3 rings (SSSR count). The second kappa shape index (κ2) is 4.90. The molecule has 1 aliphatic heterocycles. The fraction of sp³-hybridized carbons (Fsp3) is 0.500. The van der Waals surface area contributed by atoms with Crippen molar-refractivity contribution in [2.75, 3.05) is 26.2 Å². The fourth-order valence-electron chi connectivity index (χ4n) is 2.53. The van der Waals surface area contributed by atoms with E-state index in [1.807, 2.05) is 17.0 Å². The number of halogens is 1. The van der Waals surface area contributed by atoms with E-state index in [0.29, 0.717) is 10.6 Å². The van der Waals surface area contributed by atoms with Crippen molar-refractivity contribution in [1.29, 1.82) is 0 Å². The van der Waals surface area contributed by atoms with Crippen LogP contribution in [0.4, 0.5) is 0 Å². The zero-order chi connectivity index (χ0) is 12.5. The van der Waals surface area contributed by atoms with Crippen molar-refractivity contribution in [2.24, 2.45) is 0 Å². The number of piperazine rings is 1. The number of rotatable bonds is 2. The van der Waals surface area contributed by atoms with Crippen LogP contribution in [0.3, 0.4) is 0 Å². The van der Waals surface area contributed by atoms with E-state index in [1.54, 1.807) is 12.1 Å². The van der Waals surface area contributed by atoms with Gasteiger partial charge in [0.2, 0.25) is 0 Å². The van der Waals surface area contributed by atoms with Crippen molar-refractivity contribution in [1.82, 2.24) is 9.80 Å². The summed E-state index contributed by atoms with van der Waals surface area (Å²) in [4.78, 5) is 16.7. The lowest BCUT2D eigenvalue weighted by molar-refractivity contribution is 0.0627. The molecule has 96 valence electrons. The summed E-state index contributed by atoms with van der Waals surface area (Å²) >= 11 is 6.07. The Labute approximate surface area is 112 Å². The molecule has 2 aliphatic rings. The Hall–Kier alpha value is -1.06. The summed E-state index contributed by atoms with van der Waals surface area (Å²) in [5.74, 6) is 0.0658. The van der Waals surface area contributed by atoms with Gasteiger partial charge >= 0.3 is 0 Å². The van der Waals surface area contributed by atoms with Gasteiger partial charge in [0, 0.05) is 32.2 Å². The van der Waals surface area contributed by atoms with E-state index >= 15 is 0 Å². The second-order valence-electron chi connectivity index (χ2n) is 5.04. The van der Waals surface area contributed by atoms with Gasteiger partial charge in [-0.2, -0.15) is 0 Å². The summed E-state index contributed by atoms with van der Waals surface area (Å²) in [5.41, 5.74) is 0.624. The molecule has 4 heteroatoms. The molecule has 1 aromatic rings. The Morgan fingerprint density at radius 3 is 2.39 bits per heavy atom. The van der Waals surface area contributed by atoms with E-state index < -0.39 is 0 Å². The minimum absolute atomic E-state index is 0.0658. The number of hydrogen-bond acceptors (Lipinski definition) is 2. The third-order valence-corrected chi connectivity index (χ3v) is 4.10. The molecule has 0 spiro atoms. The predicted molar refractivity (Wildman–Crippen MR) is 72.0 cm³/mol. The maximum atomic E-state index is 12.3. The Kier molecular flexibility index (Phi) is 3.27. The highest BCUT2D eigenvalue weighted by Gasteiger charge is 2.32. The van der Waals surface area contributed by atoms with E-state index in [2.05, 4.69) is 4.90 Å². The van der Waals surface area contributed by atoms with Gasteiger partial charge in [0.05, 0.1) is 10.6 Å². The Morgan fingerprint density at radius 2 is 1.78 bits per heavy atom. The molecule has 1 aromatic carbocycles. The molecule has 0 atom stereocenters. The van der Waals surface area contributed by atoms with Gasteiger partial charge in [-0.25, -0.2) is 0 Å². The summed E-state index contributed by atoms with van der Waals surface area (Å²) in [7, 11) is 0.